The summed E-state index contributed by atoms with van der Waals surface area (Å²) in [6.45, 7) is 1.29. The van der Waals surface area contributed by atoms with E-state index in [9.17, 15) is 18.8 Å². The first kappa shape index (κ1) is 19.3. The van der Waals surface area contributed by atoms with Gasteiger partial charge in [0.05, 0.1) is 10.6 Å². The molecule has 0 unspecified atom stereocenters. The molecule has 0 saturated heterocycles. The van der Waals surface area contributed by atoms with Gasteiger partial charge in [0.25, 0.3) is 5.91 Å². The quantitative estimate of drug-likeness (QED) is 0.614. The van der Waals surface area contributed by atoms with Crippen molar-refractivity contribution in [3.8, 4) is 0 Å². The third kappa shape index (κ3) is 4.55. The maximum absolute atomic E-state index is 14.1. The largest absolute Gasteiger partial charge is 0.480 e. The Kier molecular flexibility index (Phi) is 6.50. The summed E-state index contributed by atoms with van der Waals surface area (Å²) in [6.07, 6.45) is 3.93. The zero-order chi connectivity index (χ0) is 18.6. The molecule has 1 saturated carbocycles. The zero-order valence-electron chi connectivity index (χ0n) is 13.8. The highest BCUT2D eigenvalue weighted by molar-refractivity contribution is 6.34. The van der Waals surface area contributed by atoms with E-state index in [0.717, 1.165) is 25.3 Å². The number of carboxylic acid groups (broad SMARTS) is 1. The summed E-state index contributed by atoms with van der Waals surface area (Å²) in [5, 5.41) is 9.54. The molecule has 1 fully saturated rings. The Labute approximate surface area is 149 Å². The summed E-state index contributed by atoms with van der Waals surface area (Å²) in [5.41, 5.74) is 1.92. The number of nitrogens with zero attached hydrogens (tertiary/aromatic N) is 1. The van der Waals surface area contributed by atoms with Crippen molar-refractivity contribution in [2.45, 2.75) is 45.1 Å². The van der Waals surface area contributed by atoms with Gasteiger partial charge in [0, 0.05) is 5.92 Å². The predicted molar refractivity (Wildman–Crippen MR) is 89.4 cm³/mol. The summed E-state index contributed by atoms with van der Waals surface area (Å²) in [6, 6.07) is 2.53. The monoisotopic (exact) mass is 370 g/mol. The van der Waals surface area contributed by atoms with E-state index in [2.05, 4.69) is 5.43 Å². The number of halogens is 2. The minimum atomic E-state index is -1.24. The van der Waals surface area contributed by atoms with Crippen molar-refractivity contribution in [3.63, 3.8) is 0 Å². The molecule has 6 nitrogen and oxygen atoms in total. The second-order valence-corrected chi connectivity index (χ2v) is 6.51. The van der Waals surface area contributed by atoms with E-state index in [-0.39, 0.29) is 5.02 Å². The van der Waals surface area contributed by atoms with Crippen molar-refractivity contribution in [2.24, 2.45) is 5.92 Å². The van der Waals surface area contributed by atoms with Gasteiger partial charge in [-0.1, -0.05) is 36.9 Å². The van der Waals surface area contributed by atoms with Crippen molar-refractivity contribution in [3.05, 3.63) is 34.6 Å². The summed E-state index contributed by atoms with van der Waals surface area (Å²) in [5.74, 6) is -4.07. The van der Waals surface area contributed by atoms with Crippen molar-refractivity contribution in [1.29, 1.82) is 0 Å². The van der Waals surface area contributed by atoms with Gasteiger partial charge in [-0.3, -0.25) is 14.4 Å². The van der Waals surface area contributed by atoms with Gasteiger partial charge in [0.15, 0.2) is 0 Å². The van der Waals surface area contributed by atoms with Crippen molar-refractivity contribution in [2.75, 3.05) is 0 Å². The second-order valence-electron chi connectivity index (χ2n) is 6.10. The molecule has 0 spiro atoms. The highest BCUT2D eigenvalue weighted by atomic mass is 35.5. The summed E-state index contributed by atoms with van der Waals surface area (Å²) in [7, 11) is 0. The highest BCUT2D eigenvalue weighted by Gasteiger charge is 2.34. The van der Waals surface area contributed by atoms with Crippen molar-refractivity contribution in [1.82, 2.24) is 10.4 Å². The van der Waals surface area contributed by atoms with Gasteiger partial charge in [-0.05, 0) is 31.9 Å². The number of hydrogen-bond donors (Lipinski definition) is 2. The second kappa shape index (κ2) is 8.40. The molecule has 1 atom stereocenters. The lowest BCUT2D eigenvalue weighted by Crippen LogP contribution is -2.55. The Balaban J connectivity index is 2.34. The van der Waals surface area contributed by atoms with Crippen LogP contribution in [0.15, 0.2) is 18.2 Å². The standard InChI is InChI=1S/C17H20ClFN2O4/c1-10(17(24)25)20-21(15(22)11-6-3-2-4-7-11)16(23)14-12(18)8-5-9-13(14)19/h5,8-11,20H,2-4,6-7H2,1H3,(H,24,25)/t10-/m0/s1. The number of imide groups is 1. The Bertz CT molecular complexity index is 656. The first-order chi connectivity index (χ1) is 11.8. The van der Waals surface area contributed by atoms with E-state index in [1.54, 1.807) is 0 Å². The molecule has 2 amide bonds. The topological polar surface area (TPSA) is 86.7 Å². The molecule has 1 aromatic rings. The number of hydrogen-bond acceptors (Lipinski definition) is 4. The molecule has 0 heterocycles. The number of carboxylic acids is 1. The fourth-order valence-electron chi connectivity index (χ4n) is 2.82. The van der Waals surface area contributed by atoms with Crippen LogP contribution in [0.5, 0.6) is 0 Å². The number of carbonyl (C=O) groups is 3. The van der Waals surface area contributed by atoms with Crippen LogP contribution in [0.2, 0.25) is 5.02 Å². The number of aliphatic carboxylic acids is 1. The molecule has 8 heteroatoms. The van der Waals surface area contributed by atoms with E-state index < -0.39 is 41.1 Å². The number of amides is 2. The smallest absolute Gasteiger partial charge is 0.322 e. The molecule has 2 rings (SSSR count). The van der Waals surface area contributed by atoms with Crippen LogP contribution in [0, 0.1) is 11.7 Å². The fraction of sp³-hybridized carbons (Fsp3) is 0.471. The summed E-state index contributed by atoms with van der Waals surface area (Å²) in [4.78, 5) is 36.6. The SMILES string of the molecule is C[C@H](NN(C(=O)c1c(F)cccc1Cl)C(=O)C1CCCCC1)C(=O)O. The van der Waals surface area contributed by atoms with Crippen LogP contribution < -0.4 is 5.43 Å². The van der Waals surface area contributed by atoms with Gasteiger partial charge in [-0.15, -0.1) is 0 Å². The number of carbonyl (C=O) groups excluding carboxylic acids is 2. The van der Waals surface area contributed by atoms with Crippen LogP contribution in [-0.4, -0.2) is 33.9 Å². The normalized spacial score (nSPS) is 16.3. The molecule has 1 aromatic carbocycles. The van der Waals surface area contributed by atoms with Crippen LogP contribution in [-0.2, 0) is 9.59 Å². The number of rotatable bonds is 5. The maximum atomic E-state index is 14.1. The van der Waals surface area contributed by atoms with Gasteiger partial charge < -0.3 is 5.11 Å². The number of benzene rings is 1. The molecule has 25 heavy (non-hydrogen) atoms. The molecule has 0 aromatic heterocycles. The first-order valence-electron chi connectivity index (χ1n) is 8.14. The molecular weight excluding hydrogens is 351 g/mol. The lowest BCUT2D eigenvalue weighted by Gasteiger charge is -2.29. The molecule has 0 bridgehead atoms. The van der Waals surface area contributed by atoms with Crippen LogP contribution >= 0.6 is 11.6 Å². The molecular formula is C17H20ClFN2O4. The van der Waals surface area contributed by atoms with Gasteiger partial charge in [-0.2, -0.15) is 0 Å². The zero-order valence-corrected chi connectivity index (χ0v) is 14.6. The third-order valence-corrected chi connectivity index (χ3v) is 4.56. The minimum absolute atomic E-state index is 0.142. The highest BCUT2D eigenvalue weighted by Crippen LogP contribution is 2.27. The maximum Gasteiger partial charge on any atom is 0.322 e. The molecule has 2 N–H and O–H groups in total. The average molecular weight is 371 g/mol. The molecule has 1 aliphatic rings. The van der Waals surface area contributed by atoms with E-state index in [0.29, 0.717) is 17.9 Å². The van der Waals surface area contributed by atoms with Gasteiger partial charge in [0.1, 0.15) is 11.9 Å². The summed E-state index contributed by atoms with van der Waals surface area (Å²) >= 11 is 5.92. The van der Waals surface area contributed by atoms with Crippen LogP contribution in [0.4, 0.5) is 4.39 Å². The van der Waals surface area contributed by atoms with Crippen LogP contribution in [0.25, 0.3) is 0 Å². The van der Waals surface area contributed by atoms with Gasteiger partial charge in [-0.25, -0.2) is 14.8 Å². The molecule has 0 aliphatic heterocycles. The summed E-state index contributed by atoms with van der Waals surface area (Å²) < 4.78 is 14.1. The van der Waals surface area contributed by atoms with Crippen molar-refractivity contribution < 1.29 is 23.9 Å². The van der Waals surface area contributed by atoms with Crippen molar-refractivity contribution >= 4 is 29.4 Å². The lowest BCUT2D eigenvalue weighted by atomic mass is 9.88. The molecule has 0 radical (unpaired) electrons. The lowest BCUT2D eigenvalue weighted by molar-refractivity contribution is -0.143. The van der Waals surface area contributed by atoms with E-state index in [1.807, 2.05) is 0 Å². The average Bonchev–Trinajstić information content (AvgIpc) is 2.59. The third-order valence-electron chi connectivity index (χ3n) is 4.25. The minimum Gasteiger partial charge on any atom is -0.480 e. The van der Waals surface area contributed by atoms with Crippen LogP contribution in [0.1, 0.15) is 49.4 Å². The van der Waals surface area contributed by atoms with E-state index in [4.69, 9.17) is 16.7 Å². The first-order valence-corrected chi connectivity index (χ1v) is 8.52. The van der Waals surface area contributed by atoms with Crippen LogP contribution in [0.3, 0.4) is 0 Å². The molecule has 136 valence electrons. The Morgan fingerprint density at radius 3 is 2.48 bits per heavy atom. The Morgan fingerprint density at radius 1 is 1.28 bits per heavy atom. The molecule has 1 aliphatic carbocycles. The van der Waals surface area contributed by atoms with E-state index in [1.165, 1.54) is 19.1 Å². The predicted octanol–water partition coefficient (Wildman–Crippen LogP) is 3.01. The van der Waals surface area contributed by atoms with E-state index >= 15 is 0 Å². The Hall–Kier alpha value is -1.99. The number of nitrogens with one attached hydrogen (secondary N) is 1. The van der Waals surface area contributed by atoms with Gasteiger partial charge >= 0.3 is 5.97 Å². The number of hydrazine groups is 1. The Morgan fingerprint density at radius 2 is 1.92 bits per heavy atom. The fourth-order valence-corrected chi connectivity index (χ4v) is 3.06. The van der Waals surface area contributed by atoms with Gasteiger partial charge in [0.2, 0.25) is 5.91 Å².